The van der Waals surface area contributed by atoms with Gasteiger partial charge >= 0.3 is 0 Å². The molecular formula is C12H23NO6. The lowest BCUT2D eigenvalue weighted by Gasteiger charge is -2.26. The Morgan fingerprint density at radius 2 is 1.68 bits per heavy atom. The number of rotatable bonds is 9. The number of carbonyl (C=O) groups is 2. The van der Waals surface area contributed by atoms with Crippen LogP contribution < -0.4 is 5.32 Å². The van der Waals surface area contributed by atoms with Crippen LogP contribution in [0.5, 0.6) is 0 Å². The Morgan fingerprint density at radius 1 is 1.16 bits per heavy atom. The second-order valence-electron chi connectivity index (χ2n) is 4.65. The lowest BCUT2D eigenvalue weighted by Crippen LogP contribution is -2.48. The van der Waals surface area contributed by atoms with Gasteiger partial charge in [0, 0.05) is 18.9 Å². The van der Waals surface area contributed by atoms with Crippen molar-refractivity contribution in [2.24, 2.45) is 5.92 Å². The largest absolute Gasteiger partial charge is 0.390 e. The fourth-order valence-electron chi connectivity index (χ4n) is 1.45. The van der Waals surface area contributed by atoms with Gasteiger partial charge in [0.05, 0.1) is 12.2 Å². The Hall–Kier alpha value is -1.02. The smallest absolute Gasteiger partial charge is 0.220 e. The standard InChI is InChI=1S/C12H23NO6/c1-3-8(15)11(18)12(19)9(16)5-13-10(17)4-7(2)6-14/h6-9,11-12,15-16,18-19H,3-5H2,1-2H3,(H,13,17). The number of carbonyl (C=O) groups excluding carboxylic acids is 2. The fourth-order valence-corrected chi connectivity index (χ4v) is 1.45. The zero-order valence-corrected chi connectivity index (χ0v) is 11.2. The molecule has 0 aliphatic rings. The van der Waals surface area contributed by atoms with Crippen LogP contribution in [0.2, 0.25) is 0 Å². The fraction of sp³-hybridized carbons (Fsp3) is 0.833. The molecule has 0 spiro atoms. The summed E-state index contributed by atoms with van der Waals surface area (Å²) in [6.45, 7) is 2.94. The molecule has 0 saturated carbocycles. The van der Waals surface area contributed by atoms with Gasteiger partial charge in [-0.2, -0.15) is 0 Å². The van der Waals surface area contributed by atoms with E-state index in [0.717, 1.165) is 0 Å². The minimum atomic E-state index is -1.56. The molecule has 0 fully saturated rings. The summed E-state index contributed by atoms with van der Waals surface area (Å²) in [6.07, 6.45) is -4.71. The first-order valence-electron chi connectivity index (χ1n) is 6.27. The van der Waals surface area contributed by atoms with Crippen LogP contribution in [0.15, 0.2) is 0 Å². The van der Waals surface area contributed by atoms with E-state index in [-0.39, 0.29) is 19.4 Å². The van der Waals surface area contributed by atoms with Gasteiger partial charge in [0.1, 0.15) is 18.5 Å². The van der Waals surface area contributed by atoms with Crippen molar-refractivity contribution in [2.75, 3.05) is 6.54 Å². The molecule has 7 nitrogen and oxygen atoms in total. The van der Waals surface area contributed by atoms with Gasteiger partial charge in [-0.05, 0) is 6.42 Å². The highest BCUT2D eigenvalue weighted by atomic mass is 16.4. The summed E-state index contributed by atoms with van der Waals surface area (Å²) >= 11 is 0. The average Bonchev–Trinajstić information content (AvgIpc) is 2.41. The molecule has 112 valence electrons. The van der Waals surface area contributed by atoms with E-state index in [1.807, 2.05) is 0 Å². The van der Waals surface area contributed by atoms with Gasteiger partial charge in [0.15, 0.2) is 0 Å². The Morgan fingerprint density at radius 3 is 2.16 bits per heavy atom. The predicted molar refractivity (Wildman–Crippen MR) is 67.2 cm³/mol. The van der Waals surface area contributed by atoms with Crippen LogP contribution >= 0.6 is 0 Å². The van der Waals surface area contributed by atoms with Gasteiger partial charge in [0.25, 0.3) is 0 Å². The highest BCUT2D eigenvalue weighted by Crippen LogP contribution is 2.07. The summed E-state index contributed by atoms with van der Waals surface area (Å²) in [4.78, 5) is 21.7. The molecule has 0 aliphatic heterocycles. The second-order valence-corrected chi connectivity index (χ2v) is 4.65. The quantitative estimate of drug-likeness (QED) is 0.316. The third-order valence-corrected chi connectivity index (χ3v) is 2.80. The number of nitrogens with one attached hydrogen (secondary N) is 1. The van der Waals surface area contributed by atoms with Gasteiger partial charge in [0.2, 0.25) is 5.91 Å². The first-order valence-corrected chi connectivity index (χ1v) is 6.27. The van der Waals surface area contributed by atoms with E-state index in [0.29, 0.717) is 6.29 Å². The number of aldehydes is 1. The van der Waals surface area contributed by atoms with Crippen molar-refractivity contribution in [1.29, 1.82) is 0 Å². The minimum Gasteiger partial charge on any atom is -0.390 e. The molecule has 0 saturated heterocycles. The van der Waals surface area contributed by atoms with Gasteiger partial charge in [-0.25, -0.2) is 0 Å². The normalized spacial score (nSPS) is 19.1. The molecule has 5 unspecified atom stereocenters. The Bertz CT molecular complexity index is 285. The molecule has 0 aromatic heterocycles. The van der Waals surface area contributed by atoms with Crippen molar-refractivity contribution in [3.63, 3.8) is 0 Å². The van der Waals surface area contributed by atoms with E-state index in [2.05, 4.69) is 5.32 Å². The van der Waals surface area contributed by atoms with Crippen LogP contribution in [0, 0.1) is 5.92 Å². The summed E-state index contributed by atoms with van der Waals surface area (Å²) in [6, 6.07) is 0. The SMILES string of the molecule is CCC(O)C(O)C(O)C(O)CNC(=O)CC(C)C=O. The van der Waals surface area contributed by atoms with Crippen LogP contribution in [0.25, 0.3) is 0 Å². The van der Waals surface area contributed by atoms with Gasteiger partial charge in [-0.15, -0.1) is 0 Å². The maximum absolute atomic E-state index is 11.3. The number of aliphatic hydroxyl groups is 4. The van der Waals surface area contributed by atoms with Crippen molar-refractivity contribution in [3.05, 3.63) is 0 Å². The first kappa shape index (κ1) is 18.0. The molecule has 0 aromatic rings. The summed E-state index contributed by atoms with van der Waals surface area (Å²) in [5, 5.41) is 40.3. The van der Waals surface area contributed by atoms with E-state index in [4.69, 9.17) is 0 Å². The van der Waals surface area contributed by atoms with Crippen LogP contribution in [-0.2, 0) is 9.59 Å². The summed E-state index contributed by atoms with van der Waals surface area (Å²) in [7, 11) is 0. The number of hydrogen-bond acceptors (Lipinski definition) is 6. The minimum absolute atomic E-state index is 0.00749. The molecule has 19 heavy (non-hydrogen) atoms. The maximum atomic E-state index is 11.3. The van der Waals surface area contributed by atoms with Crippen molar-refractivity contribution in [1.82, 2.24) is 5.32 Å². The van der Waals surface area contributed by atoms with E-state index in [9.17, 15) is 30.0 Å². The number of amides is 1. The van der Waals surface area contributed by atoms with Crippen molar-refractivity contribution in [2.45, 2.75) is 51.1 Å². The summed E-state index contributed by atoms with van der Waals surface area (Å²) < 4.78 is 0. The molecule has 0 radical (unpaired) electrons. The van der Waals surface area contributed by atoms with Crippen molar-refractivity contribution < 1.29 is 30.0 Å². The first-order chi connectivity index (χ1) is 8.83. The van der Waals surface area contributed by atoms with Crippen LogP contribution in [0.3, 0.4) is 0 Å². The van der Waals surface area contributed by atoms with E-state index < -0.39 is 36.2 Å². The highest BCUT2D eigenvalue weighted by molar-refractivity contribution is 5.78. The van der Waals surface area contributed by atoms with Crippen molar-refractivity contribution >= 4 is 12.2 Å². The molecule has 7 heteroatoms. The van der Waals surface area contributed by atoms with Crippen LogP contribution in [0.4, 0.5) is 0 Å². The monoisotopic (exact) mass is 277 g/mol. The molecule has 0 heterocycles. The Labute approximate surface area is 112 Å². The van der Waals surface area contributed by atoms with Crippen LogP contribution in [0.1, 0.15) is 26.7 Å². The summed E-state index contributed by atoms with van der Waals surface area (Å²) in [5.41, 5.74) is 0. The highest BCUT2D eigenvalue weighted by Gasteiger charge is 2.29. The van der Waals surface area contributed by atoms with Gasteiger partial charge in [-0.1, -0.05) is 13.8 Å². The molecule has 0 bridgehead atoms. The Kier molecular flexibility index (Phi) is 8.49. The maximum Gasteiger partial charge on any atom is 0.220 e. The third kappa shape index (κ3) is 6.63. The van der Waals surface area contributed by atoms with E-state index in [1.54, 1.807) is 13.8 Å². The molecular weight excluding hydrogens is 254 g/mol. The van der Waals surface area contributed by atoms with Gasteiger partial charge < -0.3 is 30.5 Å². The third-order valence-electron chi connectivity index (χ3n) is 2.80. The number of aliphatic hydroxyl groups excluding tert-OH is 4. The average molecular weight is 277 g/mol. The lowest BCUT2D eigenvalue weighted by molar-refractivity contribution is -0.126. The van der Waals surface area contributed by atoms with E-state index in [1.165, 1.54) is 0 Å². The molecule has 0 aliphatic carbocycles. The predicted octanol–water partition coefficient (Wildman–Crippen LogP) is -1.82. The zero-order valence-electron chi connectivity index (χ0n) is 11.2. The molecule has 5 N–H and O–H groups in total. The lowest BCUT2D eigenvalue weighted by atomic mass is 10.0. The van der Waals surface area contributed by atoms with Crippen molar-refractivity contribution in [3.8, 4) is 0 Å². The second kappa shape index (κ2) is 8.98. The number of hydrogen-bond donors (Lipinski definition) is 5. The molecule has 0 aromatic carbocycles. The Balaban J connectivity index is 4.12. The molecule has 0 rings (SSSR count). The topological polar surface area (TPSA) is 127 Å². The van der Waals surface area contributed by atoms with Gasteiger partial charge in [-0.3, -0.25) is 4.79 Å². The van der Waals surface area contributed by atoms with Crippen LogP contribution in [-0.4, -0.2) is 63.6 Å². The molecule has 5 atom stereocenters. The zero-order chi connectivity index (χ0) is 15.0. The van der Waals surface area contributed by atoms with E-state index >= 15 is 0 Å². The summed E-state index contributed by atoms with van der Waals surface area (Å²) in [5.74, 6) is -0.856. The molecule has 1 amide bonds.